The van der Waals surface area contributed by atoms with E-state index in [1.807, 2.05) is 18.4 Å². The summed E-state index contributed by atoms with van der Waals surface area (Å²) in [6.07, 6.45) is 2.40. The van der Waals surface area contributed by atoms with Crippen LogP contribution in [0.3, 0.4) is 0 Å². The standard InChI is InChI=1S/C21H21N3O3/c1-4-10-24-12-18(19(26)17-9-8-13(2)22-20(17)24)21(27)23-16-7-5-6-15(11-16)14(3)25/h5-9,11-12H,4,10H2,1-3H3,(H,23,27). The highest BCUT2D eigenvalue weighted by Gasteiger charge is 2.17. The third-order valence-electron chi connectivity index (χ3n) is 4.30. The van der Waals surface area contributed by atoms with Gasteiger partial charge in [-0.2, -0.15) is 0 Å². The molecule has 27 heavy (non-hydrogen) atoms. The molecule has 0 fully saturated rings. The number of anilines is 1. The Morgan fingerprint density at radius 1 is 1.19 bits per heavy atom. The van der Waals surface area contributed by atoms with Crippen LogP contribution in [0.25, 0.3) is 11.0 Å². The Morgan fingerprint density at radius 2 is 1.96 bits per heavy atom. The van der Waals surface area contributed by atoms with Crippen LogP contribution in [-0.2, 0) is 6.54 Å². The minimum atomic E-state index is -0.506. The molecule has 0 spiro atoms. The Balaban J connectivity index is 2.05. The summed E-state index contributed by atoms with van der Waals surface area (Å²) in [7, 11) is 0. The van der Waals surface area contributed by atoms with Crippen LogP contribution < -0.4 is 10.7 Å². The van der Waals surface area contributed by atoms with Crippen molar-refractivity contribution in [3.63, 3.8) is 0 Å². The highest BCUT2D eigenvalue weighted by Crippen LogP contribution is 2.15. The van der Waals surface area contributed by atoms with Crippen LogP contribution in [0, 0.1) is 6.92 Å². The van der Waals surface area contributed by atoms with Gasteiger partial charge in [-0.1, -0.05) is 19.1 Å². The molecule has 0 aliphatic carbocycles. The zero-order valence-electron chi connectivity index (χ0n) is 15.6. The molecule has 1 amide bonds. The number of pyridine rings is 2. The maximum atomic E-state index is 12.8. The summed E-state index contributed by atoms with van der Waals surface area (Å²) in [6.45, 7) is 5.99. The van der Waals surface area contributed by atoms with Crippen molar-refractivity contribution in [3.8, 4) is 0 Å². The number of aryl methyl sites for hydroxylation is 2. The number of nitrogens with zero attached hydrogens (tertiary/aromatic N) is 2. The number of benzene rings is 1. The fraction of sp³-hybridized carbons (Fsp3) is 0.238. The molecule has 1 aromatic carbocycles. The zero-order chi connectivity index (χ0) is 19.6. The molecule has 0 saturated carbocycles. The second-order valence-corrected chi connectivity index (χ2v) is 6.48. The van der Waals surface area contributed by atoms with Gasteiger partial charge in [-0.3, -0.25) is 14.4 Å². The summed E-state index contributed by atoms with van der Waals surface area (Å²) in [5.74, 6) is -0.600. The van der Waals surface area contributed by atoms with Crippen LogP contribution in [0.5, 0.6) is 0 Å². The summed E-state index contributed by atoms with van der Waals surface area (Å²) in [4.78, 5) is 41.6. The lowest BCUT2D eigenvalue weighted by Crippen LogP contribution is -2.24. The number of rotatable bonds is 5. The summed E-state index contributed by atoms with van der Waals surface area (Å²) in [5.41, 5.74) is 2.05. The smallest absolute Gasteiger partial charge is 0.261 e. The van der Waals surface area contributed by atoms with Gasteiger partial charge in [-0.15, -0.1) is 0 Å². The zero-order valence-corrected chi connectivity index (χ0v) is 15.6. The molecule has 0 bridgehead atoms. The minimum Gasteiger partial charge on any atom is -0.331 e. The second-order valence-electron chi connectivity index (χ2n) is 6.48. The molecule has 6 nitrogen and oxygen atoms in total. The van der Waals surface area contributed by atoms with Gasteiger partial charge in [0.2, 0.25) is 5.43 Å². The van der Waals surface area contributed by atoms with Gasteiger partial charge in [-0.25, -0.2) is 4.98 Å². The Labute approximate surface area is 156 Å². The topological polar surface area (TPSA) is 81.1 Å². The van der Waals surface area contributed by atoms with Crippen LogP contribution in [0.4, 0.5) is 5.69 Å². The average molecular weight is 363 g/mol. The molecule has 0 aliphatic heterocycles. The van der Waals surface area contributed by atoms with Crippen LogP contribution in [0.1, 0.15) is 46.7 Å². The van der Waals surface area contributed by atoms with Crippen molar-refractivity contribution in [2.24, 2.45) is 0 Å². The molecule has 138 valence electrons. The molecule has 0 atom stereocenters. The first-order chi connectivity index (χ1) is 12.9. The number of hydrogen-bond acceptors (Lipinski definition) is 4. The van der Waals surface area contributed by atoms with E-state index in [9.17, 15) is 14.4 Å². The molecule has 1 N–H and O–H groups in total. The number of nitrogens with one attached hydrogen (secondary N) is 1. The Bertz CT molecular complexity index is 1100. The largest absolute Gasteiger partial charge is 0.331 e. The lowest BCUT2D eigenvalue weighted by molar-refractivity contribution is 0.101. The van der Waals surface area contributed by atoms with Crippen molar-refractivity contribution in [1.82, 2.24) is 9.55 Å². The van der Waals surface area contributed by atoms with Crippen molar-refractivity contribution >= 4 is 28.4 Å². The third kappa shape index (κ3) is 3.79. The number of carbonyl (C=O) groups excluding carboxylic acids is 2. The monoisotopic (exact) mass is 363 g/mol. The van der Waals surface area contributed by atoms with E-state index < -0.39 is 5.91 Å². The number of aromatic nitrogens is 2. The summed E-state index contributed by atoms with van der Waals surface area (Å²) in [5, 5.41) is 3.13. The Hall–Kier alpha value is -3.28. The average Bonchev–Trinajstić information content (AvgIpc) is 2.64. The molecule has 2 aromatic heterocycles. The molecule has 3 aromatic rings. The third-order valence-corrected chi connectivity index (χ3v) is 4.30. The predicted molar refractivity (Wildman–Crippen MR) is 105 cm³/mol. The number of hydrogen-bond donors (Lipinski definition) is 1. The van der Waals surface area contributed by atoms with Gasteiger partial charge in [0.15, 0.2) is 5.78 Å². The van der Waals surface area contributed by atoms with Crippen molar-refractivity contribution in [1.29, 1.82) is 0 Å². The molecule has 0 aliphatic rings. The molecule has 0 unspecified atom stereocenters. The molecule has 3 rings (SSSR count). The first kappa shape index (κ1) is 18.5. The van der Waals surface area contributed by atoms with Gasteiger partial charge >= 0.3 is 0 Å². The quantitative estimate of drug-likeness (QED) is 0.703. The lowest BCUT2D eigenvalue weighted by atomic mass is 10.1. The van der Waals surface area contributed by atoms with Crippen molar-refractivity contribution in [3.05, 3.63) is 69.6 Å². The number of fused-ring (bicyclic) bond motifs is 1. The minimum absolute atomic E-state index is 0.0508. The molecule has 2 heterocycles. The van der Waals surface area contributed by atoms with Crippen molar-refractivity contribution < 1.29 is 9.59 Å². The molecule has 6 heteroatoms. The van der Waals surface area contributed by atoms with E-state index >= 15 is 0 Å². The number of amides is 1. The second kappa shape index (κ2) is 7.53. The number of ketones is 1. The van der Waals surface area contributed by atoms with Crippen LogP contribution in [-0.4, -0.2) is 21.2 Å². The first-order valence-corrected chi connectivity index (χ1v) is 8.84. The first-order valence-electron chi connectivity index (χ1n) is 8.84. The van der Waals surface area contributed by atoms with Gasteiger partial charge in [0.1, 0.15) is 11.2 Å². The number of carbonyl (C=O) groups is 2. The van der Waals surface area contributed by atoms with Crippen molar-refractivity contribution in [2.75, 3.05) is 5.32 Å². The van der Waals surface area contributed by atoms with Crippen LogP contribution >= 0.6 is 0 Å². The maximum Gasteiger partial charge on any atom is 0.261 e. The maximum absolute atomic E-state index is 12.8. The van der Waals surface area contributed by atoms with Crippen LogP contribution in [0.2, 0.25) is 0 Å². The highest BCUT2D eigenvalue weighted by molar-refractivity contribution is 6.06. The van der Waals surface area contributed by atoms with Crippen LogP contribution in [0.15, 0.2) is 47.4 Å². The van der Waals surface area contributed by atoms with E-state index in [0.29, 0.717) is 28.8 Å². The summed E-state index contributed by atoms with van der Waals surface area (Å²) < 4.78 is 1.84. The predicted octanol–water partition coefficient (Wildman–Crippen LogP) is 3.57. The summed E-state index contributed by atoms with van der Waals surface area (Å²) >= 11 is 0. The normalized spacial score (nSPS) is 10.8. The molecular formula is C21H21N3O3. The van der Waals surface area contributed by atoms with E-state index in [4.69, 9.17) is 0 Å². The number of Topliss-reactive ketones (excluding diaryl/α,β-unsaturated/α-hetero) is 1. The van der Waals surface area contributed by atoms with Crippen molar-refractivity contribution in [2.45, 2.75) is 33.7 Å². The van der Waals surface area contributed by atoms with E-state index in [0.717, 1.165) is 12.1 Å². The lowest BCUT2D eigenvalue weighted by Gasteiger charge is -2.13. The fourth-order valence-electron chi connectivity index (χ4n) is 2.95. The Kier molecular flexibility index (Phi) is 5.16. The van der Waals surface area contributed by atoms with Gasteiger partial charge < -0.3 is 9.88 Å². The molecule has 0 saturated heterocycles. The Morgan fingerprint density at radius 3 is 2.67 bits per heavy atom. The van der Waals surface area contributed by atoms with Gasteiger partial charge in [0.25, 0.3) is 5.91 Å². The van der Waals surface area contributed by atoms with E-state index in [1.165, 1.54) is 6.92 Å². The van der Waals surface area contributed by atoms with E-state index in [1.54, 1.807) is 42.6 Å². The van der Waals surface area contributed by atoms with Gasteiger partial charge in [-0.05, 0) is 44.5 Å². The van der Waals surface area contributed by atoms with E-state index in [2.05, 4.69) is 10.3 Å². The fourth-order valence-corrected chi connectivity index (χ4v) is 2.95. The molecular weight excluding hydrogens is 342 g/mol. The highest BCUT2D eigenvalue weighted by atomic mass is 16.2. The van der Waals surface area contributed by atoms with E-state index in [-0.39, 0.29) is 16.8 Å². The SMILES string of the molecule is CCCn1cc(C(=O)Nc2cccc(C(C)=O)c2)c(=O)c2ccc(C)nc21. The van der Waals surface area contributed by atoms with Gasteiger partial charge in [0.05, 0.1) is 5.39 Å². The molecule has 0 radical (unpaired) electrons. The van der Waals surface area contributed by atoms with Gasteiger partial charge in [0, 0.05) is 29.7 Å². The summed E-state index contributed by atoms with van der Waals surface area (Å²) in [6, 6.07) is 10.1.